The summed E-state index contributed by atoms with van der Waals surface area (Å²) in [4.78, 5) is 34.8. The Morgan fingerprint density at radius 1 is 1.29 bits per heavy atom. The van der Waals surface area contributed by atoms with E-state index < -0.39 is 0 Å². The summed E-state index contributed by atoms with van der Waals surface area (Å²) in [5.41, 5.74) is 3.01. The molecule has 1 aliphatic heterocycles. The van der Waals surface area contributed by atoms with Crippen LogP contribution in [0, 0.1) is 12.8 Å². The maximum absolute atomic E-state index is 13.7. The van der Waals surface area contributed by atoms with E-state index in [1.165, 1.54) is 4.68 Å². The zero-order valence-corrected chi connectivity index (χ0v) is 22.6. The minimum Gasteiger partial charge on any atom is -0.486 e. The van der Waals surface area contributed by atoms with Crippen LogP contribution in [0.3, 0.4) is 0 Å². The Bertz CT molecular complexity index is 1280. The number of ether oxygens (including phenoxy) is 1. The van der Waals surface area contributed by atoms with E-state index in [0.29, 0.717) is 42.3 Å². The molecule has 4 rings (SSSR count). The number of nitrogens with one attached hydrogen (secondary N) is 1. The Balaban J connectivity index is 1.68. The van der Waals surface area contributed by atoms with Crippen molar-refractivity contribution >= 4 is 17.5 Å². The van der Waals surface area contributed by atoms with Crippen molar-refractivity contribution in [2.75, 3.05) is 32.1 Å². The largest absolute Gasteiger partial charge is 0.486 e. The number of aliphatic hydroxyl groups excluding tert-OH is 1. The van der Waals surface area contributed by atoms with Crippen molar-refractivity contribution in [1.29, 1.82) is 0 Å². The molecule has 10 nitrogen and oxygen atoms in total. The highest BCUT2D eigenvalue weighted by molar-refractivity contribution is 6.06. The van der Waals surface area contributed by atoms with Crippen molar-refractivity contribution in [1.82, 2.24) is 24.6 Å². The van der Waals surface area contributed by atoms with Crippen molar-refractivity contribution in [3.05, 3.63) is 71.3 Å². The molecule has 0 unspecified atom stereocenters. The van der Waals surface area contributed by atoms with Crippen molar-refractivity contribution in [3.8, 4) is 5.75 Å². The number of pyridine rings is 1. The topological polar surface area (TPSA) is 113 Å². The summed E-state index contributed by atoms with van der Waals surface area (Å²) < 4.78 is 8.11. The van der Waals surface area contributed by atoms with Crippen LogP contribution in [0.2, 0.25) is 0 Å². The number of hydrogen-bond donors (Lipinski definition) is 2. The van der Waals surface area contributed by atoms with E-state index in [9.17, 15) is 14.7 Å². The number of benzene rings is 1. The molecule has 0 fully saturated rings. The lowest BCUT2D eigenvalue weighted by molar-refractivity contribution is 0.0343. The van der Waals surface area contributed by atoms with Crippen LogP contribution in [0.4, 0.5) is 5.69 Å². The molecule has 0 saturated carbocycles. The number of aliphatic hydroxyl groups is 1. The Morgan fingerprint density at radius 2 is 2.03 bits per heavy atom. The minimum absolute atomic E-state index is 0.0514. The third kappa shape index (κ3) is 6.03. The second-order valence-electron chi connectivity index (χ2n) is 10.1. The molecule has 1 aliphatic rings. The Kier molecular flexibility index (Phi) is 8.43. The van der Waals surface area contributed by atoms with Gasteiger partial charge in [0.15, 0.2) is 5.75 Å². The minimum atomic E-state index is -0.373. The molecule has 2 amide bonds. The summed E-state index contributed by atoms with van der Waals surface area (Å²) in [5, 5.41) is 17.1. The van der Waals surface area contributed by atoms with Crippen LogP contribution in [0.15, 0.2) is 48.8 Å². The molecule has 1 aromatic carbocycles. The second kappa shape index (κ2) is 11.7. The van der Waals surface area contributed by atoms with Crippen LogP contribution in [0.5, 0.6) is 5.75 Å². The Hall–Kier alpha value is -3.76. The normalized spacial score (nSPS) is 18.4. The highest BCUT2D eigenvalue weighted by Gasteiger charge is 2.34. The summed E-state index contributed by atoms with van der Waals surface area (Å²) in [6, 6.07) is 10.4. The van der Waals surface area contributed by atoms with Crippen LogP contribution < -0.4 is 10.1 Å². The Labute approximate surface area is 223 Å². The van der Waals surface area contributed by atoms with E-state index in [4.69, 9.17) is 4.74 Å². The fraction of sp³-hybridized carbons (Fsp3) is 0.429. The third-order valence-electron chi connectivity index (χ3n) is 6.87. The molecule has 0 bridgehead atoms. The molecule has 0 radical (unpaired) electrons. The predicted molar refractivity (Wildman–Crippen MR) is 144 cm³/mol. The highest BCUT2D eigenvalue weighted by Crippen LogP contribution is 2.35. The average Bonchev–Trinajstić information content (AvgIpc) is 3.24. The summed E-state index contributed by atoms with van der Waals surface area (Å²) >= 11 is 0. The van der Waals surface area contributed by atoms with Gasteiger partial charge in [-0.25, -0.2) is 0 Å². The SMILES string of the molecule is Cc1cc(C(=O)Nc2cccc3c2O[C@H](CN(C)Cc2ccncc2)[C@H](C)CN([C@@H](C)CO)C3=O)n(C)n1. The number of rotatable bonds is 8. The standard InChI is InChI=1S/C28H36N6O4/c1-18-14-34(20(3)17-35)28(37)22-7-6-8-23(30-27(36)24-13-19(2)31-33(24)5)26(22)38-25(18)16-32(4)15-21-9-11-29-12-10-21/h6-13,18,20,25,35H,14-17H2,1-5H3,(H,30,36)/t18-,20+,25-/m1/s1. The maximum Gasteiger partial charge on any atom is 0.274 e. The molecule has 202 valence electrons. The van der Waals surface area contributed by atoms with E-state index in [-0.39, 0.29) is 36.5 Å². The lowest BCUT2D eigenvalue weighted by Gasteiger charge is -2.38. The molecular formula is C28H36N6O4. The van der Waals surface area contributed by atoms with Gasteiger partial charge in [-0.2, -0.15) is 5.10 Å². The molecule has 3 heterocycles. The van der Waals surface area contributed by atoms with E-state index in [1.807, 2.05) is 40.0 Å². The second-order valence-corrected chi connectivity index (χ2v) is 10.1. The number of carbonyl (C=O) groups is 2. The van der Waals surface area contributed by atoms with Crippen molar-refractivity contribution in [2.24, 2.45) is 13.0 Å². The van der Waals surface area contributed by atoms with Gasteiger partial charge in [0.25, 0.3) is 11.8 Å². The van der Waals surface area contributed by atoms with Crippen LogP contribution in [-0.4, -0.2) is 80.4 Å². The molecule has 10 heteroatoms. The Morgan fingerprint density at radius 3 is 2.68 bits per heavy atom. The molecule has 2 aromatic heterocycles. The number of aryl methyl sites for hydroxylation is 2. The monoisotopic (exact) mass is 520 g/mol. The molecule has 0 spiro atoms. The molecule has 0 aliphatic carbocycles. The van der Waals surface area contributed by atoms with Gasteiger partial charge in [-0.15, -0.1) is 0 Å². The number of likely N-dealkylation sites (N-methyl/N-ethyl adjacent to an activating group) is 1. The van der Waals surface area contributed by atoms with Crippen molar-refractivity contribution < 1.29 is 19.4 Å². The van der Waals surface area contributed by atoms with Gasteiger partial charge in [0.05, 0.1) is 29.6 Å². The number of amides is 2. The first-order valence-corrected chi connectivity index (χ1v) is 12.8. The fourth-order valence-electron chi connectivity index (χ4n) is 4.74. The van der Waals surface area contributed by atoms with Crippen LogP contribution in [-0.2, 0) is 13.6 Å². The number of anilines is 1. The predicted octanol–water partition coefficient (Wildman–Crippen LogP) is 2.73. The molecule has 2 N–H and O–H groups in total. The van der Waals surface area contributed by atoms with Crippen LogP contribution >= 0.6 is 0 Å². The first-order chi connectivity index (χ1) is 18.2. The van der Waals surface area contributed by atoms with E-state index in [0.717, 1.165) is 11.3 Å². The lowest BCUT2D eigenvalue weighted by atomic mass is 9.99. The quantitative estimate of drug-likeness (QED) is 0.470. The molecule has 3 atom stereocenters. The smallest absolute Gasteiger partial charge is 0.274 e. The highest BCUT2D eigenvalue weighted by atomic mass is 16.5. The van der Waals surface area contributed by atoms with E-state index >= 15 is 0 Å². The number of fused-ring (bicyclic) bond motifs is 1. The van der Waals surface area contributed by atoms with Gasteiger partial charge in [0, 0.05) is 45.0 Å². The number of carbonyl (C=O) groups excluding carboxylic acids is 2. The van der Waals surface area contributed by atoms with Gasteiger partial charge >= 0.3 is 0 Å². The first-order valence-electron chi connectivity index (χ1n) is 12.8. The van der Waals surface area contributed by atoms with Crippen LogP contribution in [0.25, 0.3) is 0 Å². The average molecular weight is 521 g/mol. The van der Waals surface area contributed by atoms with E-state index in [2.05, 4.69) is 20.3 Å². The molecule has 38 heavy (non-hydrogen) atoms. The molecule has 0 saturated heterocycles. The van der Waals surface area contributed by atoms with Gasteiger partial charge in [0.1, 0.15) is 11.8 Å². The van der Waals surface area contributed by atoms with Crippen molar-refractivity contribution in [3.63, 3.8) is 0 Å². The summed E-state index contributed by atoms with van der Waals surface area (Å²) in [7, 11) is 3.73. The van der Waals surface area contributed by atoms with E-state index in [1.54, 1.807) is 48.6 Å². The summed E-state index contributed by atoms with van der Waals surface area (Å²) in [5.74, 6) is -0.317. The summed E-state index contributed by atoms with van der Waals surface area (Å²) in [6.45, 7) is 7.25. The fourth-order valence-corrected chi connectivity index (χ4v) is 4.74. The molecular weight excluding hydrogens is 484 g/mol. The van der Waals surface area contributed by atoms with Gasteiger partial charge in [-0.3, -0.25) is 24.2 Å². The zero-order valence-electron chi connectivity index (χ0n) is 22.6. The number of aromatic nitrogens is 3. The number of hydrogen-bond acceptors (Lipinski definition) is 7. The number of para-hydroxylation sites is 1. The number of nitrogens with zero attached hydrogens (tertiary/aromatic N) is 5. The van der Waals surface area contributed by atoms with Gasteiger partial charge < -0.3 is 20.1 Å². The van der Waals surface area contributed by atoms with Gasteiger partial charge in [-0.05, 0) is 56.8 Å². The lowest BCUT2D eigenvalue weighted by Crippen LogP contribution is -2.49. The van der Waals surface area contributed by atoms with Gasteiger partial charge in [0.2, 0.25) is 0 Å². The van der Waals surface area contributed by atoms with Crippen LogP contribution in [0.1, 0.15) is 46.0 Å². The zero-order chi connectivity index (χ0) is 27.4. The first kappa shape index (κ1) is 27.3. The third-order valence-corrected chi connectivity index (χ3v) is 6.87. The summed E-state index contributed by atoms with van der Waals surface area (Å²) in [6.07, 6.45) is 3.25. The van der Waals surface area contributed by atoms with Gasteiger partial charge in [-0.1, -0.05) is 13.0 Å². The molecule has 3 aromatic rings. The maximum atomic E-state index is 13.7. The van der Waals surface area contributed by atoms with Crippen molar-refractivity contribution in [2.45, 2.75) is 39.5 Å².